The zero-order chi connectivity index (χ0) is 13.1. The molecule has 5 nitrogen and oxygen atoms in total. The lowest BCUT2D eigenvalue weighted by Gasteiger charge is -2.30. The first-order valence-electron chi connectivity index (χ1n) is 5.99. The van der Waals surface area contributed by atoms with Crippen LogP contribution in [0.15, 0.2) is 18.3 Å². The Kier molecular flexibility index (Phi) is 3.60. The molecule has 0 spiro atoms. The van der Waals surface area contributed by atoms with Crippen LogP contribution in [0.25, 0.3) is 0 Å². The molecule has 0 saturated carbocycles. The number of carbonyl (C=O) groups is 2. The van der Waals surface area contributed by atoms with Gasteiger partial charge in [0, 0.05) is 19.2 Å². The quantitative estimate of drug-likeness (QED) is 0.873. The van der Waals surface area contributed by atoms with Gasteiger partial charge in [0.1, 0.15) is 0 Å². The van der Waals surface area contributed by atoms with Crippen LogP contribution in [0.3, 0.4) is 0 Å². The van der Waals surface area contributed by atoms with Gasteiger partial charge in [0.25, 0.3) is 0 Å². The summed E-state index contributed by atoms with van der Waals surface area (Å²) < 4.78 is 0. The Morgan fingerprint density at radius 3 is 3.06 bits per heavy atom. The molecular weight excluding hydrogens is 232 g/mol. The first-order valence-corrected chi connectivity index (χ1v) is 5.99. The van der Waals surface area contributed by atoms with Gasteiger partial charge in [-0.3, -0.25) is 14.6 Å². The number of hydrogen-bond donors (Lipinski definition) is 1. The Morgan fingerprint density at radius 1 is 1.61 bits per heavy atom. The summed E-state index contributed by atoms with van der Waals surface area (Å²) in [4.78, 5) is 28.6. The van der Waals surface area contributed by atoms with Crippen LogP contribution in [0.4, 0.5) is 0 Å². The van der Waals surface area contributed by atoms with Crippen molar-refractivity contribution in [3.8, 4) is 0 Å². The molecule has 1 fully saturated rings. The van der Waals surface area contributed by atoms with Gasteiger partial charge in [-0.15, -0.1) is 0 Å². The van der Waals surface area contributed by atoms with E-state index in [1.165, 1.54) is 0 Å². The van der Waals surface area contributed by atoms with Gasteiger partial charge in [-0.05, 0) is 25.0 Å². The molecule has 1 aliphatic rings. The highest BCUT2D eigenvalue weighted by Crippen LogP contribution is 2.20. The van der Waals surface area contributed by atoms with Crippen LogP contribution < -0.4 is 0 Å². The molecule has 1 N–H and O–H groups in total. The minimum absolute atomic E-state index is 0.0116. The molecule has 96 valence electrons. The van der Waals surface area contributed by atoms with E-state index in [4.69, 9.17) is 5.11 Å². The summed E-state index contributed by atoms with van der Waals surface area (Å²) in [6.45, 7) is 2.62. The minimum Gasteiger partial charge on any atom is -0.481 e. The Bertz CT molecular complexity index is 473. The van der Waals surface area contributed by atoms with Crippen molar-refractivity contribution in [3.63, 3.8) is 0 Å². The normalized spacial score (nSPS) is 19.9. The number of nitrogens with zero attached hydrogens (tertiary/aromatic N) is 2. The number of hydrogen-bond acceptors (Lipinski definition) is 3. The maximum atomic E-state index is 11.8. The van der Waals surface area contributed by atoms with E-state index < -0.39 is 11.9 Å². The fraction of sp³-hybridized carbons (Fsp3) is 0.462. The van der Waals surface area contributed by atoms with Gasteiger partial charge >= 0.3 is 5.97 Å². The number of aryl methyl sites for hydroxylation is 1. The average Bonchev–Trinajstić information content (AvgIpc) is 2.34. The first kappa shape index (κ1) is 12.5. The Morgan fingerprint density at radius 2 is 2.39 bits per heavy atom. The van der Waals surface area contributed by atoms with Gasteiger partial charge in [0.15, 0.2) is 0 Å². The Balaban J connectivity index is 2.10. The van der Waals surface area contributed by atoms with Crippen LogP contribution in [-0.2, 0) is 16.1 Å². The van der Waals surface area contributed by atoms with Crippen molar-refractivity contribution in [2.24, 2.45) is 5.92 Å². The molecule has 1 amide bonds. The largest absolute Gasteiger partial charge is 0.481 e. The summed E-state index contributed by atoms with van der Waals surface area (Å²) >= 11 is 0. The number of rotatable bonds is 3. The predicted octanol–water partition coefficient (Wildman–Crippen LogP) is 1.21. The smallest absolute Gasteiger partial charge is 0.308 e. The van der Waals surface area contributed by atoms with Crippen LogP contribution in [0.2, 0.25) is 0 Å². The van der Waals surface area contributed by atoms with E-state index in [2.05, 4.69) is 4.98 Å². The second-order valence-electron chi connectivity index (χ2n) is 4.62. The van der Waals surface area contributed by atoms with Crippen LogP contribution in [0, 0.1) is 12.8 Å². The van der Waals surface area contributed by atoms with Gasteiger partial charge in [0.2, 0.25) is 5.91 Å². The van der Waals surface area contributed by atoms with Crippen LogP contribution in [0.5, 0.6) is 0 Å². The number of carboxylic acids is 1. The average molecular weight is 248 g/mol. The van der Waals surface area contributed by atoms with E-state index in [0.29, 0.717) is 19.4 Å². The maximum Gasteiger partial charge on any atom is 0.308 e. The third-order valence-electron chi connectivity index (χ3n) is 3.31. The Hall–Kier alpha value is -1.91. The first-order chi connectivity index (χ1) is 8.58. The van der Waals surface area contributed by atoms with Crippen molar-refractivity contribution >= 4 is 11.9 Å². The molecule has 0 aliphatic carbocycles. The lowest BCUT2D eigenvalue weighted by atomic mass is 9.97. The van der Waals surface area contributed by atoms with E-state index in [1.807, 2.05) is 19.1 Å². The van der Waals surface area contributed by atoms with Crippen LogP contribution in [-0.4, -0.2) is 33.4 Å². The van der Waals surface area contributed by atoms with Gasteiger partial charge < -0.3 is 10.0 Å². The topological polar surface area (TPSA) is 70.5 Å². The van der Waals surface area contributed by atoms with Crippen molar-refractivity contribution < 1.29 is 14.7 Å². The summed E-state index contributed by atoms with van der Waals surface area (Å²) in [7, 11) is 0. The molecule has 0 bridgehead atoms. The summed E-state index contributed by atoms with van der Waals surface area (Å²) in [5, 5.41) is 9.01. The van der Waals surface area contributed by atoms with E-state index in [0.717, 1.165) is 11.3 Å². The number of aromatic nitrogens is 1. The van der Waals surface area contributed by atoms with E-state index in [-0.39, 0.29) is 12.5 Å². The standard InChI is InChI=1S/C13H16N2O3/c1-9-3-2-6-14-11(9)8-15-7-10(13(17)18)4-5-12(15)16/h2-3,6,10H,4-5,7-8H2,1H3,(H,17,18). The number of carbonyl (C=O) groups excluding carboxylic acids is 1. The molecule has 2 heterocycles. The highest BCUT2D eigenvalue weighted by Gasteiger charge is 2.30. The van der Waals surface area contributed by atoms with Crippen LogP contribution >= 0.6 is 0 Å². The number of carboxylic acid groups (broad SMARTS) is 1. The van der Waals surface area contributed by atoms with Crippen LogP contribution in [0.1, 0.15) is 24.1 Å². The fourth-order valence-corrected chi connectivity index (χ4v) is 2.13. The number of amides is 1. The monoisotopic (exact) mass is 248 g/mol. The number of likely N-dealkylation sites (tertiary alicyclic amines) is 1. The maximum absolute atomic E-state index is 11.8. The molecule has 0 aromatic carbocycles. The number of pyridine rings is 1. The molecule has 2 rings (SSSR count). The molecule has 5 heteroatoms. The SMILES string of the molecule is Cc1cccnc1CN1CC(C(=O)O)CCC1=O. The van der Waals surface area contributed by atoms with E-state index in [1.54, 1.807) is 11.1 Å². The summed E-state index contributed by atoms with van der Waals surface area (Å²) in [5.41, 5.74) is 1.85. The molecule has 1 aromatic heterocycles. The molecular formula is C13H16N2O3. The van der Waals surface area contributed by atoms with Crippen molar-refractivity contribution in [1.82, 2.24) is 9.88 Å². The van der Waals surface area contributed by atoms with Gasteiger partial charge in [-0.2, -0.15) is 0 Å². The zero-order valence-corrected chi connectivity index (χ0v) is 10.3. The Labute approximate surface area is 105 Å². The molecule has 1 atom stereocenters. The summed E-state index contributed by atoms with van der Waals surface area (Å²) in [6, 6.07) is 3.78. The van der Waals surface area contributed by atoms with E-state index >= 15 is 0 Å². The predicted molar refractivity (Wildman–Crippen MR) is 64.8 cm³/mol. The summed E-state index contributed by atoms with van der Waals surface area (Å²) in [6.07, 6.45) is 2.43. The van der Waals surface area contributed by atoms with Crippen molar-refractivity contribution in [3.05, 3.63) is 29.6 Å². The second kappa shape index (κ2) is 5.16. The third kappa shape index (κ3) is 2.67. The number of aliphatic carboxylic acids is 1. The molecule has 1 saturated heterocycles. The fourth-order valence-electron chi connectivity index (χ4n) is 2.13. The molecule has 18 heavy (non-hydrogen) atoms. The van der Waals surface area contributed by atoms with Gasteiger partial charge in [-0.1, -0.05) is 6.07 Å². The zero-order valence-electron chi connectivity index (χ0n) is 10.3. The molecule has 1 aliphatic heterocycles. The number of piperidine rings is 1. The lowest BCUT2D eigenvalue weighted by molar-refractivity contribution is -0.147. The highest BCUT2D eigenvalue weighted by molar-refractivity contribution is 5.80. The van der Waals surface area contributed by atoms with Crippen molar-refractivity contribution in [1.29, 1.82) is 0 Å². The van der Waals surface area contributed by atoms with E-state index in [9.17, 15) is 9.59 Å². The summed E-state index contributed by atoms with van der Waals surface area (Å²) in [5.74, 6) is -1.27. The van der Waals surface area contributed by atoms with Crippen molar-refractivity contribution in [2.75, 3.05) is 6.54 Å². The van der Waals surface area contributed by atoms with Gasteiger partial charge in [-0.25, -0.2) is 0 Å². The highest BCUT2D eigenvalue weighted by atomic mass is 16.4. The van der Waals surface area contributed by atoms with Crippen molar-refractivity contribution in [2.45, 2.75) is 26.3 Å². The lowest BCUT2D eigenvalue weighted by Crippen LogP contribution is -2.42. The minimum atomic E-state index is -0.828. The molecule has 1 unspecified atom stereocenters. The second-order valence-corrected chi connectivity index (χ2v) is 4.62. The molecule has 1 aromatic rings. The third-order valence-corrected chi connectivity index (χ3v) is 3.31. The van der Waals surface area contributed by atoms with Gasteiger partial charge in [0.05, 0.1) is 18.2 Å². The molecule has 0 radical (unpaired) electrons.